The fraction of sp³-hybridized carbons (Fsp3) is 0.333. The van der Waals surface area contributed by atoms with Crippen molar-refractivity contribution in [1.82, 2.24) is 30.3 Å². The molecule has 0 spiro atoms. The van der Waals surface area contributed by atoms with Gasteiger partial charge in [0, 0.05) is 62.1 Å². The van der Waals surface area contributed by atoms with Crippen LogP contribution in [0.5, 0.6) is 0 Å². The lowest BCUT2D eigenvalue weighted by Gasteiger charge is -2.33. The van der Waals surface area contributed by atoms with Crippen LogP contribution in [0.25, 0.3) is 22.2 Å². The number of piperidine rings is 1. The highest BCUT2D eigenvalue weighted by Gasteiger charge is 2.23. The zero-order valence-electron chi connectivity index (χ0n) is 18.0. The molecule has 4 heterocycles. The number of hydrogen-bond donors (Lipinski definition) is 1. The number of nitrogens with zero attached hydrogens (tertiary/aromatic N) is 6. The van der Waals surface area contributed by atoms with Gasteiger partial charge in [-0.3, -0.25) is 9.67 Å². The molecule has 4 aromatic rings. The number of hydrogen-bond acceptors (Lipinski definition) is 6. The average molecular weight is 414 g/mol. The summed E-state index contributed by atoms with van der Waals surface area (Å²) in [6.45, 7) is 4.94. The van der Waals surface area contributed by atoms with Crippen molar-refractivity contribution in [2.75, 3.05) is 18.0 Å². The first-order chi connectivity index (χ1) is 15.2. The Bertz CT molecular complexity index is 1190. The second-order valence-corrected chi connectivity index (χ2v) is 8.20. The second kappa shape index (κ2) is 8.43. The Morgan fingerprint density at radius 2 is 1.81 bits per heavy atom. The van der Waals surface area contributed by atoms with Crippen molar-refractivity contribution in [3.05, 3.63) is 66.1 Å². The van der Waals surface area contributed by atoms with E-state index in [0.717, 1.165) is 60.5 Å². The fourth-order valence-corrected chi connectivity index (χ4v) is 4.37. The smallest absolute Gasteiger partial charge is 0.159 e. The molecule has 1 aliphatic rings. The van der Waals surface area contributed by atoms with Crippen molar-refractivity contribution in [2.24, 2.45) is 7.05 Å². The summed E-state index contributed by atoms with van der Waals surface area (Å²) in [6, 6.07) is 13.0. The number of benzene rings is 1. The quantitative estimate of drug-likeness (QED) is 0.540. The standard InChI is InChI=1S/C24H27N7/c1-17-15-25-11-7-18(17)16-26-19-9-13-31(14-10-19)24-21-6-4-3-5-20(21)23(28-29-24)22-8-12-27-30(22)2/h3-8,11-12,15,19,26H,9-10,13-14,16H2,1-2H3. The molecule has 0 radical (unpaired) electrons. The summed E-state index contributed by atoms with van der Waals surface area (Å²) >= 11 is 0. The van der Waals surface area contributed by atoms with Gasteiger partial charge in [-0.15, -0.1) is 10.2 Å². The maximum Gasteiger partial charge on any atom is 0.159 e. The molecule has 0 atom stereocenters. The van der Waals surface area contributed by atoms with Crippen molar-refractivity contribution < 1.29 is 0 Å². The van der Waals surface area contributed by atoms with Crippen LogP contribution in [0.2, 0.25) is 0 Å². The Labute approximate surface area is 182 Å². The molecule has 7 nitrogen and oxygen atoms in total. The molecule has 1 aromatic carbocycles. The monoisotopic (exact) mass is 413 g/mol. The SMILES string of the molecule is Cc1cnccc1CNC1CCN(c2nnc(-c3ccnn3C)c3ccccc23)CC1. The van der Waals surface area contributed by atoms with Crippen molar-refractivity contribution in [1.29, 1.82) is 0 Å². The van der Waals surface area contributed by atoms with Crippen LogP contribution >= 0.6 is 0 Å². The summed E-state index contributed by atoms with van der Waals surface area (Å²) in [5, 5.41) is 19.6. The van der Waals surface area contributed by atoms with E-state index in [-0.39, 0.29) is 0 Å². The molecule has 0 saturated carbocycles. The third-order valence-electron chi connectivity index (χ3n) is 6.24. The summed E-state index contributed by atoms with van der Waals surface area (Å²) < 4.78 is 1.85. The lowest BCUT2D eigenvalue weighted by atomic mass is 10.0. The van der Waals surface area contributed by atoms with Gasteiger partial charge in [0.25, 0.3) is 0 Å². The van der Waals surface area contributed by atoms with Crippen molar-refractivity contribution >= 4 is 16.6 Å². The molecule has 0 amide bonds. The van der Waals surface area contributed by atoms with Crippen LogP contribution in [0.1, 0.15) is 24.0 Å². The van der Waals surface area contributed by atoms with Gasteiger partial charge in [0.1, 0.15) is 5.69 Å². The van der Waals surface area contributed by atoms with E-state index in [2.05, 4.69) is 67.8 Å². The number of anilines is 1. The highest BCUT2D eigenvalue weighted by atomic mass is 15.3. The fourth-order valence-electron chi connectivity index (χ4n) is 4.37. The third-order valence-corrected chi connectivity index (χ3v) is 6.24. The topological polar surface area (TPSA) is 71.8 Å². The summed E-state index contributed by atoms with van der Waals surface area (Å²) in [5.74, 6) is 0.977. The summed E-state index contributed by atoms with van der Waals surface area (Å²) in [7, 11) is 1.94. The molecule has 31 heavy (non-hydrogen) atoms. The molecule has 5 rings (SSSR count). The van der Waals surface area contributed by atoms with Crippen LogP contribution in [0.4, 0.5) is 5.82 Å². The van der Waals surface area contributed by atoms with E-state index in [1.54, 1.807) is 6.20 Å². The van der Waals surface area contributed by atoms with E-state index in [9.17, 15) is 0 Å². The van der Waals surface area contributed by atoms with Crippen molar-refractivity contribution in [2.45, 2.75) is 32.4 Å². The van der Waals surface area contributed by atoms with E-state index in [1.165, 1.54) is 11.1 Å². The van der Waals surface area contributed by atoms with Gasteiger partial charge in [0.05, 0.1) is 5.69 Å². The molecule has 0 bridgehead atoms. The minimum atomic E-state index is 0.511. The normalized spacial score (nSPS) is 15.0. The first kappa shape index (κ1) is 19.6. The second-order valence-electron chi connectivity index (χ2n) is 8.20. The molecule has 1 saturated heterocycles. The van der Waals surface area contributed by atoms with Crippen LogP contribution in [0.15, 0.2) is 55.0 Å². The van der Waals surface area contributed by atoms with Crippen LogP contribution in [-0.2, 0) is 13.6 Å². The molecule has 1 fully saturated rings. The maximum absolute atomic E-state index is 4.67. The van der Waals surface area contributed by atoms with Gasteiger partial charge in [0.2, 0.25) is 0 Å². The van der Waals surface area contributed by atoms with E-state index >= 15 is 0 Å². The molecule has 1 aliphatic heterocycles. The van der Waals surface area contributed by atoms with Gasteiger partial charge < -0.3 is 10.2 Å². The predicted octanol–water partition coefficient (Wildman–Crippen LogP) is 3.49. The zero-order valence-corrected chi connectivity index (χ0v) is 18.0. The molecule has 0 unspecified atom stereocenters. The number of aromatic nitrogens is 5. The molecule has 158 valence electrons. The van der Waals surface area contributed by atoms with Crippen LogP contribution < -0.4 is 10.2 Å². The highest BCUT2D eigenvalue weighted by molar-refractivity contribution is 5.99. The lowest BCUT2D eigenvalue weighted by molar-refractivity contribution is 0.412. The molecular weight excluding hydrogens is 386 g/mol. The average Bonchev–Trinajstić information content (AvgIpc) is 3.24. The van der Waals surface area contributed by atoms with E-state index in [4.69, 9.17) is 0 Å². The van der Waals surface area contributed by atoms with Crippen LogP contribution in [0, 0.1) is 6.92 Å². The third kappa shape index (κ3) is 3.88. The number of aryl methyl sites for hydroxylation is 2. The summed E-state index contributed by atoms with van der Waals surface area (Å²) in [6.07, 6.45) is 7.77. The van der Waals surface area contributed by atoms with E-state index in [1.807, 2.05) is 30.2 Å². The number of pyridine rings is 1. The predicted molar refractivity (Wildman–Crippen MR) is 123 cm³/mol. The van der Waals surface area contributed by atoms with Crippen molar-refractivity contribution in [3.63, 3.8) is 0 Å². The number of fused-ring (bicyclic) bond motifs is 1. The van der Waals surface area contributed by atoms with Gasteiger partial charge in [-0.1, -0.05) is 24.3 Å². The van der Waals surface area contributed by atoms with Gasteiger partial charge in [0.15, 0.2) is 5.82 Å². The lowest BCUT2D eigenvalue weighted by Crippen LogP contribution is -2.42. The molecule has 3 aromatic heterocycles. The minimum Gasteiger partial charge on any atom is -0.354 e. The first-order valence-corrected chi connectivity index (χ1v) is 10.8. The highest BCUT2D eigenvalue weighted by Crippen LogP contribution is 2.32. The van der Waals surface area contributed by atoms with Crippen LogP contribution in [-0.4, -0.2) is 44.1 Å². The Balaban J connectivity index is 1.32. The number of nitrogens with one attached hydrogen (secondary N) is 1. The molecule has 7 heteroatoms. The van der Waals surface area contributed by atoms with Gasteiger partial charge in [-0.25, -0.2) is 0 Å². The first-order valence-electron chi connectivity index (χ1n) is 10.8. The largest absolute Gasteiger partial charge is 0.354 e. The van der Waals surface area contributed by atoms with Gasteiger partial charge >= 0.3 is 0 Å². The zero-order chi connectivity index (χ0) is 21.2. The molecule has 0 aliphatic carbocycles. The Hall–Kier alpha value is -3.32. The van der Waals surface area contributed by atoms with Gasteiger partial charge in [-0.05, 0) is 43.0 Å². The Morgan fingerprint density at radius 1 is 1.00 bits per heavy atom. The van der Waals surface area contributed by atoms with Crippen LogP contribution in [0.3, 0.4) is 0 Å². The summed E-state index contributed by atoms with van der Waals surface area (Å²) in [5.41, 5.74) is 4.41. The van der Waals surface area contributed by atoms with E-state index < -0.39 is 0 Å². The minimum absolute atomic E-state index is 0.511. The molecule has 1 N–H and O–H groups in total. The van der Waals surface area contributed by atoms with Gasteiger partial charge in [-0.2, -0.15) is 5.10 Å². The summed E-state index contributed by atoms with van der Waals surface area (Å²) in [4.78, 5) is 6.56. The molecular formula is C24H27N7. The Morgan fingerprint density at radius 3 is 2.55 bits per heavy atom. The maximum atomic E-state index is 4.67. The van der Waals surface area contributed by atoms with Crippen molar-refractivity contribution in [3.8, 4) is 11.4 Å². The Kier molecular flexibility index (Phi) is 5.34. The number of rotatable bonds is 5. The van der Waals surface area contributed by atoms with E-state index in [0.29, 0.717) is 6.04 Å².